The third kappa shape index (κ3) is 4.23. The fourth-order valence-corrected chi connectivity index (χ4v) is 9.49. The van der Waals surface area contributed by atoms with Gasteiger partial charge in [0.25, 0.3) is 0 Å². The first-order valence-corrected chi connectivity index (χ1v) is 19.3. The van der Waals surface area contributed by atoms with Crippen LogP contribution in [-0.2, 0) is 0 Å². The number of aromatic nitrogens is 4. The van der Waals surface area contributed by atoms with Crippen LogP contribution in [-0.4, -0.2) is 19.1 Å². The number of furan rings is 1. The Morgan fingerprint density at radius 2 is 0.930 bits per heavy atom. The van der Waals surface area contributed by atoms with Crippen LogP contribution in [0, 0.1) is 0 Å². The SMILES string of the molecule is c1ccc(-c2cc(-c3ccc4oc5ccccc5c4c3)nc(-n3c4ccccc4c4c5c6ccccc6c6cccc7c6c5c(cc43)n7-c3ccccc3)n2)cc1. The van der Waals surface area contributed by atoms with E-state index in [2.05, 4.69) is 173 Å². The quantitative estimate of drug-likeness (QED) is 0.170. The summed E-state index contributed by atoms with van der Waals surface area (Å²) in [5, 5.41) is 12.1. The highest BCUT2D eigenvalue weighted by Crippen LogP contribution is 2.49. The van der Waals surface area contributed by atoms with Gasteiger partial charge in [0, 0.05) is 54.5 Å². The van der Waals surface area contributed by atoms with Crippen molar-refractivity contribution in [2.75, 3.05) is 0 Å². The Morgan fingerprint density at radius 1 is 0.333 bits per heavy atom. The average Bonchev–Trinajstić information content (AvgIpc) is 3.93. The number of hydrogen-bond donors (Lipinski definition) is 0. The fourth-order valence-electron chi connectivity index (χ4n) is 9.49. The van der Waals surface area contributed by atoms with Crippen LogP contribution in [0.3, 0.4) is 0 Å². The van der Waals surface area contributed by atoms with Gasteiger partial charge >= 0.3 is 0 Å². The fraction of sp³-hybridized carbons (Fsp3) is 0. The Bertz CT molecular complexity index is 3740. The summed E-state index contributed by atoms with van der Waals surface area (Å²) in [6.45, 7) is 0. The van der Waals surface area contributed by atoms with Crippen molar-refractivity contribution in [3.8, 4) is 34.2 Å². The van der Waals surface area contributed by atoms with Crippen molar-refractivity contribution in [2.45, 2.75) is 0 Å². The minimum Gasteiger partial charge on any atom is -0.456 e. The molecule has 0 aliphatic carbocycles. The topological polar surface area (TPSA) is 48.8 Å². The van der Waals surface area contributed by atoms with Gasteiger partial charge in [-0.3, -0.25) is 4.57 Å². The van der Waals surface area contributed by atoms with E-state index < -0.39 is 0 Å². The van der Waals surface area contributed by atoms with Gasteiger partial charge in [0.1, 0.15) is 11.2 Å². The van der Waals surface area contributed by atoms with Gasteiger partial charge in [0.05, 0.1) is 33.5 Å². The lowest BCUT2D eigenvalue weighted by atomic mass is 9.92. The first-order valence-electron chi connectivity index (χ1n) is 19.3. The molecule has 5 nitrogen and oxygen atoms in total. The Balaban J connectivity index is 1.20. The maximum absolute atomic E-state index is 6.23. The van der Waals surface area contributed by atoms with Gasteiger partial charge in [0.15, 0.2) is 0 Å². The van der Waals surface area contributed by atoms with Gasteiger partial charge in [-0.15, -0.1) is 0 Å². The number of rotatable bonds is 4. The Labute approximate surface area is 325 Å². The highest BCUT2D eigenvalue weighted by atomic mass is 16.3. The molecule has 0 saturated carbocycles. The summed E-state index contributed by atoms with van der Waals surface area (Å²) in [6, 6.07) is 64.6. The van der Waals surface area contributed by atoms with Crippen molar-refractivity contribution in [2.24, 2.45) is 0 Å². The molecule has 0 aliphatic heterocycles. The van der Waals surface area contributed by atoms with E-state index in [1.54, 1.807) is 0 Å². The van der Waals surface area contributed by atoms with Crippen LogP contribution < -0.4 is 0 Å². The first-order chi connectivity index (χ1) is 28.3. The molecule has 0 spiro atoms. The first kappa shape index (κ1) is 30.6. The highest BCUT2D eigenvalue weighted by Gasteiger charge is 2.26. The lowest BCUT2D eigenvalue weighted by Crippen LogP contribution is -2.04. The lowest BCUT2D eigenvalue weighted by molar-refractivity contribution is 0.669. The molecule has 0 atom stereocenters. The van der Waals surface area contributed by atoms with E-state index in [-0.39, 0.29) is 0 Å². The smallest absolute Gasteiger partial charge is 0.235 e. The molecule has 5 heteroatoms. The molecule has 0 amide bonds. The zero-order valence-corrected chi connectivity index (χ0v) is 30.5. The summed E-state index contributed by atoms with van der Waals surface area (Å²) in [5.41, 5.74) is 11.0. The van der Waals surface area contributed by atoms with E-state index in [0.717, 1.165) is 66.7 Å². The van der Waals surface area contributed by atoms with E-state index in [4.69, 9.17) is 14.4 Å². The maximum Gasteiger partial charge on any atom is 0.235 e. The number of benzene rings is 9. The standard InChI is InChI=1S/C52H30N4O/c1-3-14-31(15-4-1)40-29-41(32-26-27-47-39(28-32)35-19-10-12-25-46(35)57-47)54-52(53-40)56-42-23-11-9-21-38(42)49-44(56)30-45-51-48-36(34-18-7-8-20-37(34)50(49)51)22-13-24-43(48)55(45)33-16-5-2-6-17-33/h1-30H. The van der Waals surface area contributed by atoms with Gasteiger partial charge in [-0.25, -0.2) is 9.97 Å². The second-order valence-electron chi connectivity index (χ2n) is 14.9. The summed E-state index contributed by atoms with van der Waals surface area (Å²) in [5.74, 6) is 0.619. The van der Waals surface area contributed by atoms with E-state index in [1.807, 2.05) is 18.2 Å². The van der Waals surface area contributed by atoms with Gasteiger partial charge in [-0.05, 0) is 76.8 Å². The highest BCUT2D eigenvalue weighted by molar-refractivity contribution is 6.41. The number of nitrogens with zero attached hydrogens (tertiary/aromatic N) is 4. The molecule has 0 radical (unpaired) electrons. The van der Waals surface area contributed by atoms with E-state index >= 15 is 0 Å². The van der Waals surface area contributed by atoms with Crippen LogP contribution in [0.2, 0.25) is 0 Å². The van der Waals surface area contributed by atoms with Crippen molar-refractivity contribution >= 4 is 87.1 Å². The molecule has 13 rings (SSSR count). The molecule has 9 aromatic carbocycles. The van der Waals surface area contributed by atoms with Crippen LogP contribution in [0.5, 0.6) is 0 Å². The average molecular weight is 727 g/mol. The van der Waals surface area contributed by atoms with Gasteiger partial charge < -0.3 is 8.98 Å². The minimum absolute atomic E-state index is 0.619. The van der Waals surface area contributed by atoms with Gasteiger partial charge in [-0.2, -0.15) is 0 Å². The molecule has 57 heavy (non-hydrogen) atoms. The lowest BCUT2D eigenvalue weighted by Gasteiger charge is -2.13. The summed E-state index contributed by atoms with van der Waals surface area (Å²) < 4.78 is 10.9. The molecule has 4 aromatic heterocycles. The van der Waals surface area contributed by atoms with Crippen molar-refractivity contribution in [1.29, 1.82) is 0 Å². The van der Waals surface area contributed by atoms with Crippen LogP contribution in [0.15, 0.2) is 186 Å². The number of fused-ring (bicyclic) bond motifs is 10. The van der Waals surface area contributed by atoms with E-state index in [9.17, 15) is 0 Å². The number of para-hydroxylation sites is 3. The summed E-state index contributed by atoms with van der Waals surface area (Å²) >= 11 is 0. The molecule has 0 bridgehead atoms. The molecular formula is C52H30N4O. The van der Waals surface area contributed by atoms with Gasteiger partial charge in [-0.1, -0.05) is 121 Å². The molecule has 4 heterocycles. The van der Waals surface area contributed by atoms with Crippen molar-refractivity contribution < 1.29 is 4.42 Å². The van der Waals surface area contributed by atoms with E-state index in [1.165, 1.54) is 48.6 Å². The summed E-state index contributed by atoms with van der Waals surface area (Å²) in [4.78, 5) is 10.9. The van der Waals surface area contributed by atoms with Crippen molar-refractivity contribution in [3.05, 3.63) is 182 Å². The molecule has 264 valence electrons. The molecule has 0 aliphatic rings. The normalized spacial score (nSPS) is 12.2. The van der Waals surface area contributed by atoms with Crippen LogP contribution >= 0.6 is 0 Å². The zero-order valence-electron chi connectivity index (χ0n) is 30.5. The molecule has 0 fully saturated rings. The summed E-state index contributed by atoms with van der Waals surface area (Å²) in [7, 11) is 0. The zero-order chi connectivity index (χ0) is 37.2. The van der Waals surface area contributed by atoms with E-state index in [0.29, 0.717) is 5.95 Å². The minimum atomic E-state index is 0.619. The maximum atomic E-state index is 6.23. The second kappa shape index (κ2) is 11.4. The monoisotopic (exact) mass is 726 g/mol. The largest absolute Gasteiger partial charge is 0.456 e. The predicted molar refractivity (Wildman–Crippen MR) is 235 cm³/mol. The van der Waals surface area contributed by atoms with Crippen LogP contribution in [0.4, 0.5) is 0 Å². The molecule has 0 unspecified atom stereocenters. The third-order valence-electron chi connectivity index (χ3n) is 11.9. The third-order valence-corrected chi connectivity index (χ3v) is 11.9. The van der Waals surface area contributed by atoms with Crippen molar-refractivity contribution in [1.82, 2.24) is 19.1 Å². The summed E-state index contributed by atoms with van der Waals surface area (Å²) in [6.07, 6.45) is 0. The Hall–Kier alpha value is -7.76. The van der Waals surface area contributed by atoms with Gasteiger partial charge in [0.2, 0.25) is 5.95 Å². The van der Waals surface area contributed by atoms with Crippen molar-refractivity contribution in [3.63, 3.8) is 0 Å². The predicted octanol–water partition coefficient (Wildman–Crippen LogP) is 13.6. The molecule has 0 N–H and O–H groups in total. The van der Waals surface area contributed by atoms with Crippen LogP contribution in [0.25, 0.3) is 121 Å². The molecular weight excluding hydrogens is 697 g/mol. The number of hydrogen-bond acceptors (Lipinski definition) is 3. The Kier molecular flexibility index (Phi) is 6.10. The van der Waals surface area contributed by atoms with Crippen LogP contribution in [0.1, 0.15) is 0 Å². The molecule has 13 aromatic rings. The molecule has 0 saturated heterocycles. The second-order valence-corrected chi connectivity index (χ2v) is 14.9. The Morgan fingerprint density at radius 3 is 1.77 bits per heavy atom.